The molecule has 104 valence electrons. The first-order chi connectivity index (χ1) is 9.33. The van der Waals surface area contributed by atoms with E-state index in [2.05, 4.69) is 44.2 Å². The van der Waals surface area contributed by atoms with E-state index < -0.39 is 0 Å². The van der Waals surface area contributed by atoms with Gasteiger partial charge in [0.25, 0.3) is 0 Å². The predicted octanol–water partition coefficient (Wildman–Crippen LogP) is 6.01. The van der Waals surface area contributed by atoms with Crippen LogP contribution in [0.1, 0.15) is 69.9 Å². The van der Waals surface area contributed by atoms with Gasteiger partial charge in [-0.25, -0.2) is 0 Å². The first-order valence-electron chi connectivity index (χ1n) is 8.11. The summed E-state index contributed by atoms with van der Waals surface area (Å²) in [6.07, 6.45) is 13.1. The normalized spacial score (nSPS) is 19.3. The molecule has 1 aromatic rings. The van der Waals surface area contributed by atoms with Crippen LogP contribution in [0.3, 0.4) is 0 Å². The highest BCUT2D eigenvalue weighted by Crippen LogP contribution is 2.32. The quantitative estimate of drug-likeness (QED) is 0.584. The molecule has 0 heteroatoms. The first kappa shape index (κ1) is 14.4. The molecule has 0 bridgehead atoms. The van der Waals surface area contributed by atoms with Crippen molar-refractivity contribution in [2.24, 2.45) is 5.92 Å². The van der Waals surface area contributed by atoms with E-state index in [4.69, 9.17) is 0 Å². The third kappa shape index (κ3) is 4.23. The minimum Gasteiger partial charge on any atom is -0.0804 e. The summed E-state index contributed by atoms with van der Waals surface area (Å²) >= 11 is 0. The van der Waals surface area contributed by atoms with E-state index in [1.54, 1.807) is 5.57 Å². The van der Waals surface area contributed by atoms with Crippen LogP contribution in [0.25, 0.3) is 5.57 Å². The largest absolute Gasteiger partial charge is 0.0804 e. The molecule has 0 N–H and O–H groups in total. The van der Waals surface area contributed by atoms with E-state index in [0.29, 0.717) is 0 Å². The Hall–Kier alpha value is -1.04. The highest BCUT2D eigenvalue weighted by molar-refractivity contribution is 5.66. The monoisotopic (exact) mass is 256 g/mol. The van der Waals surface area contributed by atoms with Crippen LogP contribution in [0.5, 0.6) is 0 Å². The first-order valence-corrected chi connectivity index (χ1v) is 8.11. The molecule has 0 amide bonds. The van der Waals surface area contributed by atoms with Crippen molar-refractivity contribution in [3.8, 4) is 0 Å². The third-order valence-corrected chi connectivity index (χ3v) is 4.35. The molecule has 0 radical (unpaired) electrons. The summed E-state index contributed by atoms with van der Waals surface area (Å²) in [5.74, 6) is 0.947. The summed E-state index contributed by atoms with van der Waals surface area (Å²) < 4.78 is 0. The molecule has 1 aliphatic rings. The molecular formula is C19H28. The Morgan fingerprint density at radius 2 is 1.84 bits per heavy atom. The van der Waals surface area contributed by atoms with Gasteiger partial charge in [-0.1, -0.05) is 69.9 Å². The zero-order valence-electron chi connectivity index (χ0n) is 12.6. The Balaban J connectivity index is 1.93. The number of hydrogen-bond donors (Lipinski definition) is 0. The Morgan fingerprint density at radius 1 is 1.05 bits per heavy atom. The molecule has 0 nitrogen and oxygen atoms in total. The van der Waals surface area contributed by atoms with Crippen molar-refractivity contribution in [3.63, 3.8) is 0 Å². The zero-order valence-corrected chi connectivity index (χ0v) is 12.6. The van der Waals surface area contributed by atoms with Gasteiger partial charge >= 0.3 is 0 Å². The fourth-order valence-electron chi connectivity index (χ4n) is 3.08. The molecule has 0 fully saturated rings. The van der Waals surface area contributed by atoms with Gasteiger partial charge in [-0.05, 0) is 48.3 Å². The standard InChI is InChI=1S/C19H28/c1-3-5-7-17-10-14-19(15-11-17)18-12-8-16(6-4-2)9-13-18/h8-9,12-14,17H,3-7,10-11,15H2,1-2H3. The van der Waals surface area contributed by atoms with E-state index in [1.807, 2.05) is 0 Å². The van der Waals surface area contributed by atoms with E-state index in [-0.39, 0.29) is 0 Å². The van der Waals surface area contributed by atoms with Crippen LogP contribution in [-0.2, 0) is 6.42 Å². The smallest absolute Gasteiger partial charge is 0.0228 e. The van der Waals surface area contributed by atoms with Crippen LogP contribution in [0.2, 0.25) is 0 Å². The average Bonchev–Trinajstić information content (AvgIpc) is 2.47. The molecule has 2 rings (SSSR count). The lowest BCUT2D eigenvalue weighted by molar-refractivity contribution is 0.434. The second kappa shape index (κ2) is 7.53. The second-order valence-electron chi connectivity index (χ2n) is 5.96. The molecule has 1 atom stereocenters. The van der Waals surface area contributed by atoms with Gasteiger partial charge in [-0.2, -0.15) is 0 Å². The van der Waals surface area contributed by atoms with Gasteiger partial charge in [-0.15, -0.1) is 0 Å². The number of benzene rings is 1. The van der Waals surface area contributed by atoms with Crippen LogP contribution in [-0.4, -0.2) is 0 Å². The Bertz CT molecular complexity index is 397. The number of rotatable bonds is 6. The zero-order chi connectivity index (χ0) is 13.5. The maximum atomic E-state index is 2.50. The maximum Gasteiger partial charge on any atom is -0.0228 e. The van der Waals surface area contributed by atoms with E-state index >= 15 is 0 Å². The van der Waals surface area contributed by atoms with Gasteiger partial charge in [0.2, 0.25) is 0 Å². The summed E-state index contributed by atoms with van der Waals surface area (Å²) in [6.45, 7) is 4.54. The van der Waals surface area contributed by atoms with Crippen molar-refractivity contribution in [2.45, 2.75) is 65.2 Å². The van der Waals surface area contributed by atoms with Crippen LogP contribution < -0.4 is 0 Å². The topological polar surface area (TPSA) is 0 Å². The highest BCUT2D eigenvalue weighted by Gasteiger charge is 2.14. The highest BCUT2D eigenvalue weighted by atomic mass is 14.2. The minimum atomic E-state index is 0.947. The average molecular weight is 256 g/mol. The summed E-state index contributed by atoms with van der Waals surface area (Å²) in [5, 5.41) is 0. The van der Waals surface area contributed by atoms with E-state index in [9.17, 15) is 0 Å². The molecule has 1 aromatic carbocycles. The van der Waals surface area contributed by atoms with Crippen LogP contribution in [0, 0.1) is 5.92 Å². The van der Waals surface area contributed by atoms with Crippen molar-refractivity contribution in [1.29, 1.82) is 0 Å². The predicted molar refractivity (Wildman–Crippen MR) is 85.3 cm³/mol. The van der Waals surface area contributed by atoms with Gasteiger partial charge in [0.15, 0.2) is 0 Å². The summed E-state index contributed by atoms with van der Waals surface area (Å²) in [5.41, 5.74) is 4.51. The van der Waals surface area contributed by atoms with Gasteiger partial charge in [0, 0.05) is 0 Å². The third-order valence-electron chi connectivity index (χ3n) is 4.35. The summed E-state index contributed by atoms with van der Waals surface area (Å²) in [4.78, 5) is 0. The van der Waals surface area contributed by atoms with Crippen molar-refractivity contribution in [1.82, 2.24) is 0 Å². The SMILES string of the molecule is CCCCC1CC=C(c2ccc(CCC)cc2)CC1. The van der Waals surface area contributed by atoms with E-state index in [1.165, 1.54) is 62.5 Å². The molecular weight excluding hydrogens is 228 g/mol. The fourth-order valence-corrected chi connectivity index (χ4v) is 3.08. The van der Waals surface area contributed by atoms with Crippen LogP contribution >= 0.6 is 0 Å². The van der Waals surface area contributed by atoms with Crippen molar-refractivity contribution in [3.05, 3.63) is 41.5 Å². The Morgan fingerprint density at radius 3 is 2.42 bits per heavy atom. The molecule has 19 heavy (non-hydrogen) atoms. The van der Waals surface area contributed by atoms with Gasteiger partial charge in [0.05, 0.1) is 0 Å². The maximum absolute atomic E-state index is 2.50. The lowest BCUT2D eigenvalue weighted by Crippen LogP contribution is -2.05. The summed E-state index contributed by atoms with van der Waals surface area (Å²) in [6, 6.07) is 9.26. The molecule has 0 heterocycles. The minimum absolute atomic E-state index is 0.947. The fraction of sp³-hybridized carbons (Fsp3) is 0.579. The number of unbranched alkanes of at least 4 members (excludes halogenated alkanes) is 1. The van der Waals surface area contributed by atoms with Crippen molar-refractivity contribution in [2.75, 3.05) is 0 Å². The molecule has 1 unspecified atom stereocenters. The number of allylic oxidation sites excluding steroid dienone is 2. The van der Waals surface area contributed by atoms with E-state index in [0.717, 1.165) is 5.92 Å². The molecule has 1 aliphatic carbocycles. The van der Waals surface area contributed by atoms with Crippen LogP contribution in [0.15, 0.2) is 30.3 Å². The molecule has 0 aliphatic heterocycles. The van der Waals surface area contributed by atoms with Crippen molar-refractivity contribution >= 4 is 5.57 Å². The molecule has 0 aromatic heterocycles. The van der Waals surface area contributed by atoms with Crippen LogP contribution in [0.4, 0.5) is 0 Å². The summed E-state index contributed by atoms with van der Waals surface area (Å²) in [7, 11) is 0. The molecule has 0 saturated carbocycles. The van der Waals surface area contributed by atoms with Crippen molar-refractivity contribution < 1.29 is 0 Å². The molecule has 0 spiro atoms. The number of aryl methyl sites for hydroxylation is 1. The Labute approximate surface area is 118 Å². The molecule has 0 saturated heterocycles. The lowest BCUT2D eigenvalue weighted by Gasteiger charge is -2.22. The lowest BCUT2D eigenvalue weighted by atomic mass is 9.84. The number of hydrogen-bond acceptors (Lipinski definition) is 0. The Kier molecular flexibility index (Phi) is 5.69. The van der Waals surface area contributed by atoms with Gasteiger partial charge in [-0.3, -0.25) is 0 Å². The van der Waals surface area contributed by atoms with Gasteiger partial charge < -0.3 is 0 Å². The van der Waals surface area contributed by atoms with Gasteiger partial charge in [0.1, 0.15) is 0 Å². The second-order valence-corrected chi connectivity index (χ2v) is 5.96.